The lowest BCUT2D eigenvalue weighted by atomic mass is 9.97. The first-order valence-corrected chi connectivity index (χ1v) is 7.47. The maximum Gasteiger partial charge on any atom is 0.326 e. The van der Waals surface area contributed by atoms with E-state index in [4.69, 9.17) is 12.2 Å². The molecule has 2 heterocycles. The monoisotopic (exact) mass is 290 g/mol. The Morgan fingerprint density at radius 2 is 2.15 bits per heavy atom. The summed E-state index contributed by atoms with van der Waals surface area (Å²) in [6, 6.07) is 0. The van der Waals surface area contributed by atoms with Crippen molar-refractivity contribution in [2.75, 3.05) is 0 Å². The molecule has 5 nitrogen and oxygen atoms in total. The van der Waals surface area contributed by atoms with Crippen LogP contribution >= 0.6 is 12.2 Å². The summed E-state index contributed by atoms with van der Waals surface area (Å²) < 4.78 is 4.54. The molecule has 0 radical (unpaired) electrons. The van der Waals surface area contributed by atoms with Crippen molar-refractivity contribution in [3.8, 4) is 0 Å². The average Bonchev–Trinajstić information content (AvgIpc) is 2.96. The third-order valence-electron chi connectivity index (χ3n) is 3.86. The highest BCUT2D eigenvalue weighted by Gasteiger charge is 2.16. The van der Waals surface area contributed by atoms with E-state index in [1.54, 1.807) is 12.5 Å². The van der Waals surface area contributed by atoms with Gasteiger partial charge in [-0.1, -0.05) is 12.2 Å². The smallest absolute Gasteiger partial charge is 0.326 e. The van der Waals surface area contributed by atoms with E-state index < -0.39 is 0 Å². The first kappa shape index (κ1) is 13.3. The van der Waals surface area contributed by atoms with E-state index in [0.717, 1.165) is 50.9 Å². The Hall–Kier alpha value is -1.69. The molecule has 0 unspecified atom stereocenters. The van der Waals surface area contributed by atoms with E-state index in [-0.39, 0.29) is 5.69 Å². The number of hydrogen-bond donors (Lipinski definition) is 1. The van der Waals surface area contributed by atoms with Gasteiger partial charge in [0.2, 0.25) is 0 Å². The summed E-state index contributed by atoms with van der Waals surface area (Å²) in [5.41, 5.74) is 2.25. The molecule has 106 valence electrons. The van der Waals surface area contributed by atoms with E-state index >= 15 is 0 Å². The molecule has 0 atom stereocenters. The largest absolute Gasteiger partial charge is 0.337 e. The second-order valence-electron chi connectivity index (χ2n) is 5.20. The minimum absolute atomic E-state index is 0.0683. The Balaban J connectivity index is 1.82. The fraction of sp³-hybridized carbons (Fsp3) is 0.500. The summed E-state index contributed by atoms with van der Waals surface area (Å²) in [6.07, 6.45) is 10.7. The number of aromatic nitrogens is 4. The van der Waals surface area contributed by atoms with E-state index in [2.05, 4.69) is 9.97 Å². The Kier molecular flexibility index (Phi) is 3.82. The van der Waals surface area contributed by atoms with Crippen molar-refractivity contribution in [3.05, 3.63) is 45.1 Å². The number of imidazole rings is 1. The van der Waals surface area contributed by atoms with Gasteiger partial charge in [0, 0.05) is 36.7 Å². The summed E-state index contributed by atoms with van der Waals surface area (Å²) >= 11 is 5.28. The zero-order valence-corrected chi connectivity index (χ0v) is 12.2. The van der Waals surface area contributed by atoms with Crippen molar-refractivity contribution >= 4 is 12.2 Å². The van der Waals surface area contributed by atoms with Crippen LogP contribution in [0.2, 0.25) is 0 Å². The lowest BCUT2D eigenvalue weighted by molar-refractivity contribution is 0.507. The van der Waals surface area contributed by atoms with Gasteiger partial charge in [0.05, 0.1) is 6.33 Å². The number of rotatable bonds is 4. The zero-order chi connectivity index (χ0) is 13.9. The quantitative estimate of drug-likeness (QED) is 0.877. The van der Waals surface area contributed by atoms with Crippen molar-refractivity contribution in [1.82, 2.24) is 19.1 Å². The molecule has 1 aliphatic carbocycles. The predicted molar refractivity (Wildman–Crippen MR) is 79.4 cm³/mol. The number of fused-ring (bicyclic) bond motifs is 1. The van der Waals surface area contributed by atoms with Crippen LogP contribution in [0.1, 0.15) is 30.5 Å². The lowest BCUT2D eigenvalue weighted by Gasteiger charge is -2.20. The molecule has 0 fully saturated rings. The molecule has 2 aromatic rings. The number of nitrogens with one attached hydrogen (secondary N) is 1. The number of hydrogen-bond acceptors (Lipinski definition) is 3. The van der Waals surface area contributed by atoms with Crippen LogP contribution in [0.3, 0.4) is 0 Å². The molecule has 20 heavy (non-hydrogen) atoms. The summed E-state index contributed by atoms with van der Waals surface area (Å²) in [5, 5.41) is 0. The number of aryl methyl sites for hydroxylation is 1. The summed E-state index contributed by atoms with van der Waals surface area (Å²) in [7, 11) is 0. The molecule has 0 aliphatic heterocycles. The molecule has 6 heteroatoms. The Bertz CT molecular complexity index is 699. The van der Waals surface area contributed by atoms with Gasteiger partial charge in [0.15, 0.2) is 0 Å². The van der Waals surface area contributed by atoms with Crippen molar-refractivity contribution in [2.24, 2.45) is 0 Å². The van der Waals surface area contributed by atoms with Crippen LogP contribution in [0.4, 0.5) is 0 Å². The molecule has 0 amide bonds. The molecule has 2 aromatic heterocycles. The summed E-state index contributed by atoms with van der Waals surface area (Å²) in [5.74, 6) is 0. The molecule has 0 bridgehead atoms. The van der Waals surface area contributed by atoms with Gasteiger partial charge in [-0.25, -0.2) is 9.78 Å². The van der Waals surface area contributed by atoms with Gasteiger partial charge in [-0.05, 0) is 32.1 Å². The summed E-state index contributed by atoms with van der Waals surface area (Å²) in [4.78, 5) is 19.0. The fourth-order valence-electron chi connectivity index (χ4n) is 2.86. The highest BCUT2D eigenvalue weighted by molar-refractivity contribution is 7.71. The van der Waals surface area contributed by atoms with Crippen molar-refractivity contribution in [3.63, 3.8) is 0 Å². The minimum atomic E-state index is -0.0683. The third kappa shape index (κ3) is 2.60. The van der Waals surface area contributed by atoms with Crippen LogP contribution in [0.15, 0.2) is 23.5 Å². The van der Waals surface area contributed by atoms with Crippen molar-refractivity contribution in [1.29, 1.82) is 0 Å². The predicted octanol–water partition coefficient (Wildman–Crippen LogP) is 2.07. The first-order chi connectivity index (χ1) is 9.75. The van der Waals surface area contributed by atoms with Crippen molar-refractivity contribution < 1.29 is 0 Å². The molecule has 0 saturated carbocycles. The highest BCUT2D eigenvalue weighted by Crippen LogP contribution is 2.20. The van der Waals surface area contributed by atoms with Gasteiger partial charge in [-0.3, -0.25) is 9.55 Å². The van der Waals surface area contributed by atoms with E-state index in [1.165, 1.54) is 5.56 Å². The SMILES string of the molecule is O=c1[nH]c(=S)c2c(n1CCCn1ccnc1)CCCC2. The summed E-state index contributed by atoms with van der Waals surface area (Å²) in [6.45, 7) is 1.60. The van der Waals surface area contributed by atoms with Crippen LogP contribution in [0, 0.1) is 4.64 Å². The van der Waals surface area contributed by atoms with Crippen LogP contribution in [0.25, 0.3) is 0 Å². The van der Waals surface area contributed by atoms with Crippen LogP contribution in [-0.4, -0.2) is 19.1 Å². The van der Waals surface area contributed by atoms with Gasteiger partial charge in [-0.2, -0.15) is 0 Å². The Labute approximate surface area is 122 Å². The van der Waals surface area contributed by atoms with Gasteiger partial charge in [0.25, 0.3) is 0 Å². The maximum atomic E-state index is 12.1. The molecule has 3 rings (SSSR count). The topological polar surface area (TPSA) is 55.6 Å². The Morgan fingerprint density at radius 3 is 2.95 bits per heavy atom. The highest BCUT2D eigenvalue weighted by atomic mass is 32.1. The van der Waals surface area contributed by atoms with Gasteiger partial charge >= 0.3 is 5.69 Å². The van der Waals surface area contributed by atoms with Gasteiger partial charge in [0.1, 0.15) is 4.64 Å². The molecule has 0 spiro atoms. The molecular weight excluding hydrogens is 272 g/mol. The van der Waals surface area contributed by atoms with E-state index in [9.17, 15) is 4.79 Å². The zero-order valence-electron chi connectivity index (χ0n) is 11.3. The Morgan fingerprint density at radius 1 is 1.30 bits per heavy atom. The van der Waals surface area contributed by atoms with Crippen LogP contribution in [-0.2, 0) is 25.9 Å². The second-order valence-corrected chi connectivity index (χ2v) is 5.61. The number of nitrogens with zero attached hydrogens (tertiary/aromatic N) is 3. The van der Waals surface area contributed by atoms with E-state index in [1.807, 2.05) is 15.3 Å². The molecule has 1 aliphatic rings. The standard InChI is InChI=1S/C14H18N4OS/c19-14-16-13(20)11-4-1-2-5-12(11)18(14)8-3-7-17-9-6-15-10-17/h6,9-10H,1-5,7-8H2,(H,16,19,20). The van der Waals surface area contributed by atoms with E-state index in [0.29, 0.717) is 4.64 Å². The second kappa shape index (κ2) is 5.75. The maximum absolute atomic E-state index is 12.1. The fourth-order valence-corrected chi connectivity index (χ4v) is 3.17. The van der Waals surface area contributed by atoms with Crippen LogP contribution in [0.5, 0.6) is 0 Å². The minimum Gasteiger partial charge on any atom is -0.337 e. The van der Waals surface area contributed by atoms with Crippen LogP contribution < -0.4 is 5.69 Å². The van der Waals surface area contributed by atoms with Gasteiger partial charge < -0.3 is 4.57 Å². The molecule has 1 N–H and O–H groups in total. The number of H-pyrrole nitrogens is 1. The molecular formula is C14H18N4OS. The molecule has 0 aromatic carbocycles. The van der Waals surface area contributed by atoms with Crippen molar-refractivity contribution in [2.45, 2.75) is 45.2 Å². The first-order valence-electron chi connectivity index (χ1n) is 7.06. The lowest BCUT2D eigenvalue weighted by Crippen LogP contribution is -2.30. The third-order valence-corrected chi connectivity index (χ3v) is 4.21. The molecule has 0 saturated heterocycles. The number of aromatic amines is 1. The van der Waals surface area contributed by atoms with Gasteiger partial charge in [-0.15, -0.1) is 0 Å². The average molecular weight is 290 g/mol. The normalized spacial score (nSPS) is 14.2.